The smallest absolute Gasteiger partial charge is 0.124 e. The Morgan fingerprint density at radius 2 is 2.00 bits per heavy atom. The highest BCUT2D eigenvalue weighted by Crippen LogP contribution is 2.15. The fourth-order valence-corrected chi connectivity index (χ4v) is 1.79. The van der Waals surface area contributed by atoms with Crippen LogP contribution in [0.2, 0.25) is 0 Å². The van der Waals surface area contributed by atoms with Crippen molar-refractivity contribution in [2.45, 2.75) is 11.3 Å². The molecule has 0 N–H and O–H groups in total. The van der Waals surface area contributed by atoms with E-state index >= 15 is 0 Å². The molecule has 13 heavy (non-hydrogen) atoms. The van der Waals surface area contributed by atoms with Crippen LogP contribution in [0.5, 0.6) is 0 Å². The summed E-state index contributed by atoms with van der Waals surface area (Å²) in [7, 11) is -4.35. The van der Waals surface area contributed by atoms with Gasteiger partial charge in [0.05, 0.1) is 4.90 Å². The molecule has 0 aliphatic rings. The van der Waals surface area contributed by atoms with Gasteiger partial charge >= 0.3 is 0 Å². The van der Waals surface area contributed by atoms with Crippen molar-refractivity contribution in [3.8, 4) is 0 Å². The second-order valence-corrected chi connectivity index (χ2v) is 3.90. The van der Waals surface area contributed by atoms with Gasteiger partial charge in [-0.25, -0.2) is 8.42 Å². The van der Waals surface area contributed by atoms with Crippen LogP contribution < -0.4 is 0 Å². The third kappa shape index (κ3) is 2.40. The predicted molar refractivity (Wildman–Crippen MR) is 48.3 cm³/mol. The molecular weight excluding hydrogens is 188 g/mol. The lowest BCUT2D eigenvalue weighted by Gasteiger charge is -2.10. The molecule has 0 fully saturated rings. The summed E-state index contributed by atoms with van der Waals surface area (Å²) in [6.07, 6.45) is 1.95. The summed E-state index contributed by atoms with van der Waals surface area (Å²) >= 11 is 0. The highest BCUT2D eigenvalue weighted by atomic mass is 32.2. The first-order valence-electron chi connectivity index (χ1n) is 3.70. The van der Waals surface area contributed by atoms with Gasteiger partial charge in [0, 0.05) is 0 Å². The zero-order valence-corrected chi connectivity index (χ0v) is 7.75. The largest absolute Gasteiger partial charge is 0.744 e. The molecule has 1 aromatic carbocycles. The van der Waals surface area contributed by atoms with E-state index < -0.39 is 10.1 Å². The maximum absolute atomic E-state index is 10.7. The molecule has 1 aromatic rings. The highest BCUT2D eigenvalue weighted by molar-refractivity contribution is 7.85. The molecule has 0 amide bonds. The molecule has 0 radical (unpaired) electrons. The Labute approximate surface area is 77.5 Å². The van der Waals surface area contributed by atoms with E-state index in [0.29, 0.717) is 12.0 Å². The van der Waals surface area contributed by atoms with Crippen LogP contribution in [0, 0.1) is 0 Å². The minimum atomic E-state index is -4.35. The second-order valence-electron chi connectivity index (χ2n) is 2.55. The van der Waals surface area contributed by atoms with Gasteiger partial charge in [0.2, 0.25) is 0 Å². The monoisotopic (exact) mass is 197 g/mol. The van der Waals surface area contributed by atoms with Crippen LogP contribution in [0.1, 0.15) is 5.56 Å². The van der Waals surface area contributed by atoms with E-state index in [4.69, 9.17) is 0 Å². The molecule has 3 nitrogen and oxygen atoms in total. The van der Waals surface area contributed by atoms with E-state index in [2.05, 4.69) is 6.58 Å². The van der Waals surface area contributed by atoms with Crippen molar-refractivity contribution in [1.29, 1.82) is 0 Å². The third-order valence-electron chi connectivity index (χ3n) is 1.61. The summed E-state index contributed by atoms with van der Waals surface area (Å²) in [4.78, 5) is -0.157. The quantitative estimate of drug-likeness (QED) is 0.542. The minimum Gasteiger partial charge on any atom is -0.744 e. The van der Waals surface area contributed by atoms with Crippen molar-refractivity contribution in [3.05, 3.63) is 42.5 Å². The van der Waals surface area contributed by atoms with Gasteiger partial charge in [-0.3, -0.25) is 0 Å². The van der Waals surface area contributed by atoms with Crippen LogP contribution >= 0.6 is 0 Å². The molecule has 0 spiro atoms. The topological polar surface area (TPSA) is 57.2 Å². The first-order chi connectivity index (χ1) is 6.05. The van der Waals surface area contributed by atoms with Gasteiger partial charge in [0.25, 0.3) is 0 Å². The highest BCUT2D eigenvalue weighted by Gasteiger charge is 2.05. The van der Waals surface area contributed by atoms with Gasteiger partial charge in [-0.1, -0.05) is 24.3 Å². The molecule has 0 aliphatic heterocycles. The minimum absolute atomic E-state index is 0.157. The summed E-state index contributed by atoms with van der Waals surface area (Å²) in [6.45, 7) is 3.48. The van der Waals surface area contributed by atoms with E-state index in [1.165, 1.54) is 12.1 Å². The molecule has 0 saturated heterocycles. The van der Waals surface area contributed by atoms with E-state index in [9.17, 15) is 13.0 Å². The van der Waals surface area contributed by atoms with Crippen LogP contribution in [-0.4, -0.2) is 13.0 Å². The number of benzene rings is 1. The van der Waals surface area contributed by atoms with Gasteiger partial charge in [-0.2, -0.15) is 0 Å². The molecular formula is C9H9O3S-. The normalized spacial score (nSPS) is 11.2. The Kier molecular flexibility index (Phi) is 2.85. The third-order valence-corrected chi connectivity index (χ3v) is 2.54. The first kappa shape index (κ1) is 9.95. The summed E-state index contributed by atoms with van der Waals surface area (Å²) in [6, 6.07) is 6.12. The summed E-state index contributed by atoms with van der Waals surface area (Å²) in [5.74, 6) is 0. The lowest BCUT2D eigenvalue weighted by molar-refractivity contribution is 0.462. The molecule has 0 unspecified atom stereocenters. The van der Waals surface area contributed by atoms with Crippen LogP contribution in [0.25, 0.3) is 0 Å². The lowest BCUT2D eigenvalue weighted by Crippen LogP contribution is -2.02. The van der Waals surface area contributed by atoms with Crippen molar-refractivity contribution in [2.75, 3.05) is 0 Å². The Morgan fingerprint density at radius 1 is 1.38 bits per heavy atom. The van der Waals surface area contributed by atoms with Gasteiger partial charge < -0.3 is 4.55 Å². The van der Waals surface area contributed by atoms with Crippen LogP contribution in [0.15, 0.2) is 41.8 Å². The number of rotatable bonds is 3. The Bertz CT molecular complexity index is 407. The SMILES string of the molecule is C=CCc1ccccc1S(=O)(=O)[O-]. The van der Waals surface area contributed by atoms with Crippen molar-refractivity contribution in [1.82, 2.24) is 0 Å². The second kappa shape index (κ2) is 3.72. The Hall–Kier alpha value is -1.13. The summed E-state index contributed by atoms with van der Waals surface area (Å²) < 4.78 is 32.2. The van der Waals surface area contributed by atoms with Crippen molar-refractivity contribution >= 4 is 10.1 Å². The molecule has 1 rings (SSSR count). The summed E-state index contributed by atoms with van der Waals surface area (Å²) in [5, 5.41) is 0. The van der Waals surface area contributed by atoms with Crippen LogP contribution in [0.3, 0.4) is 0 Å². The zero-order chi connectivity index (χ0) is 9.90. The van der Waals surface area contributed by atoms with E-state index in [0.717, 1.165) is 0 Å². The maximum Gasteiger partial charge on any atom is 0.124 e. The number of hydrogen-bond acceptors (Lipinski definition) is 3. The molecule has 4 heteroatoms. The van der Waals surface area contributed by atoms with Crippen molar-refractivity contribution in [2.24, 2.45) is 0 Å². The molecule has 0 heterocycles. The molecule has 0 atom stereocenters. The van der Waals surface area contributed by atoms with Crippen molar-refractivity contribution in [3.63, 3.8) is 0 Å². The van der Waals surface area contributed by atoms with E-state index in [1.807, 2.05) is 0 Å². The standard InChI is InChI=1S/C9H10O3S/c1-2-5-8-6-3-4-7-9(8)13(10,11)12/h2-4,6-7H,1,5H2,(H,10,11,12)/p-1. The molecule has 70 valence electrons. The molecule has 0 bridgehead atoms. The van der Waals surface area contributed by atoms with Gasteiger partial charge in [0.1, 0.15) is 10.1 Å². The average molecular weight is 197 g/mol. The molecule has 0 aromatic heterocycles. The van der Waals surface area contributed by atoms with Gasteiger partial charge in [0.15, 0.2) is 0 Å². The lowest BCUT2D eigenvalue weighted by atomic mass is 10.1. The van der Waals surface area contributed by atoms with Crippen LogP contribution in [0.4, 0.5) is 0 Å². The fraction of sp³-hybridized carbons (Fsp3) is 0.111. The van der Waals surface area contributed by atoms with Crippen LogP contribution in [-0.2, 0) is 16.5 Å². The Balaban J connectivity index is 3.28. The summed E-state index contributed by atoms with van der Waals surface area (Å²) in [5.41, 5.74) is 0.493. The first-order valence-corrected chi connectivity index (χ1v) is 5.11. The van der Waals surface area contributed by atoms with E-state index in [1.54, 1.807) is 18.2 Å². The molecule has 0 aliphatic carbocycles. The number of hydrogen-bond donors (Lipinski definition) is 0. The average Bonchev–Trinajstić information content (AvgIpc) is 2.04. The Morgan fingerprint density at radius 3 is 2.54 bits per heavy atom. The van der Waals surface area contributed by atoms with Gasteiger partial charge in [-0.05, 0) is 18.1 Å². The van der Waals surface area contributed by atoms with Gasteiger partial charge in [-0.15, -0.1) is 6.58 Å². The zero-order valence-electron chi connectivity index (χ0n) is 6.93. The maximum atomic E-state index is 10.7. The fourth-order valence-electron chi connectivity index (χ4n) is 1.07. The van der Waals surface area contributed by atoms with Crippen molar-refractivity contribution < 1.29 is 13.0 Å². The van der Waals surface area contributed by atoms with E-state index in [-0.39, 0.29) is 4.90 Å². The molecule has 0 saturated carbocycles. The predicted octanol–water partition coefficient (Wildman–Crippen LogP) is 1.32. The number of allylic oxidation sites excluding steroid dienone is 1.